The van der Waals surface area contributed by atoms with Gasteiger partial charge in [-0.2, -0.15) is 24.4 Å². The van der Waals surface area contributed by atoms with Gasteiger partial charge in [-0.1, -0.05) is 0 Å². The van der Waals surface area contributed by atoms with Crippen LogP contribution in [0.1, 0.15) is 32.1 Å². The third-order valence-electron chi connectivity index (χ3n) is 4.70. The van der Waals surface area contributed by atoms with Gasteiger partial charge in [0.05, 0.1) is 6.04 Å². The van der Waals surface area contributed by atoms with Crippen molar-refractivity contribution in [1.82, 2.24) is 21.3 Å². The number of carbonyl (C=O) groups excluding carboxylic acids is 3. The van der Waals surface area contributed by atoms with E-state index in [2.05, 4.69) is 33.9 Å². The van der Waals surface area contributed by atoms with Crippen molar-refractivity contribution in [1.29, 1.82) is 0 Å². The zero-order valence-electron chi connectivity index (χ0n) is 17.3. The summed E-state index contributed by atoms with van der Waals surface area (Å²) < 4.78 is 0. The molecule has 0 bridgehead atoms. The van der Waals surface area contributed by atoms with E-state index in [4.69, 9.17) is 5.11 Å². The Morgan fingerprint density at radius 2 is 1.68 bits per heavy atom. The average Bonchev–Trinajstić information content (AvgIpc) is 3.26. The van der Waals surface area contributed by atoms with Crippen molar-refractivity contribution >= 4 is 54.1 Å². The number of nitrogens with one attached hydrogen (secondary N) is 4. The molecule has 0 aliphatic carbocycles. The minimum Gasteiger partial charge on any atom is -0.481 e. The SMILES string of the molecule is CSCCC(NC(=O)C(CCC(=O)O)NC(=O)C(CS)NC(=O)C1CCCN1)C(=O)O. The van der Waals surface area contributed by atoms with E-state index < -0.39 is 54.3 Å². The fourth-order valence-electron chi connectivity index (χ4n) is 2.95. The van der Waals surface area contributed by atoms with Gasteiger partial charge >= 0.3 is 11.9 Å². The summed E-state index contributed by atoms with van der Waals surface area (Å²) in [5.41, 5.74) is 0. The fourth-order valence-corrected chi connectivity index (χ4v) is 3.68. The molecular formula is C18H30N4O7S2. The van der Waals surface area contributed by atoms with E-state index in [-0.39, 0.29) is 24.5 Å². The first-order chi connectivity index (χ1) is 14.7. The van der Waals surface area contributed by atoms with Crippen LogP contribution >= 0.6 is 24.4 Å². The van der Waals surface area contributed by atoms with Crippen molar-refractivity contribution in [2.24, 2.45) is 0 Å². The van der Waals surface area contributed by atoms with Gasteiger partial charge in [0.2, 0.25) is 17.7 Å². The van der Waals surface area contributed by atoms with Crippen LogP contribution in [0.15, 0.2) is 0 Å². The highest BCUT2D eigenvalue weighted by atomic mass is 32.2. The molecule has 31 heavy (non-hydrogen) atoms. The lowest BCUT2D eigenvalue weighted by Crippen LogP contribution is -2.57. The average molecular weight is 479 g/mol. The van der Waals surface area contributed by atoms with Gasteiger partial charge in [-0.25, -0.2) is 4.79 Å². The molecule has 6 N–H and O–H groups in total. The highest BCUT2D eigenvalue weighted by Gasteiger charge is 2.31. The molecule has 1 saturated heterocycles. The molecule has 1 aliphatic heterocycles. The monoisotopic (exact) mass is 478 g/mol. The normalized spacial score (nSPS) is 18.5. The van der Waals surface area contributed by atoms with E-state index in [1.54, 1.807) is 6.26 Å². The van der Waals surface area contributed by atoms with Gasteiger partial charge in [-0.05, 0) is 44.2 Å². The molecular weight excluding hydrogens is 448 g/mol. The van der Waals surface area contributed by atoms with Crippen molar-refractivity contribution in [2.45, 2.75) is 56.3 Å². The Labute approximate surface area is 190 Å². The number of thioether (sulfide) groups is 1. The van der Waals surface area contributed by atoms with Crippen molar-refractivity contribution in [3.05, 3.63) is 0 Å². The Morgan fingerprint density at radius 3 is 2.19 bits per heavy atom. The summed E-state index contributed by atoms with van der Waals surface area (Å²) in [6.45, 7) is 0.703. The number of carbonyl (C=O) groups is 5. The summed E-state index contributed by atoms with van der Waals surface area (Å²) in [5, 5.41) is 28.6. The van der Waals surface area contributed by atoms with Gasteiger partial charge in [0.25, 0.3) is 0 Å². The predicted molar refractivity (Wildman–Crippen MR) is 118 cm³/mol. The molecule has 13 heteroatoms. The quantitative estimate of drug-likeness (QED) is 0.152. The van der Waals surface area contributed by atoms with E-state index in [0.29, 0.717) is 18.7 Å². The first kappa shape index (κ1) is 27.0. The van der Waals surface area contributed by atoms with Gasteiger partial charge in [-0.3, -0.25) is 19.2 Å². The number of rotatable bonds is 14. The first-order valence-corrected chi connectivity index (χ1v) is 11.9. The summed E-state index contributed by atoms with van der Waals surface area (Å²) in [6, 6.07) is -3.89. The zero-order chi connectivity index (χ0) is 23.4. The molecule has 1 aliphatic rings. The maximum Gasteiger partial charge on any atom is 0.326 e. The number of carboxylic acids is 2. The first-order valence-electron chi connectivity index (χ1n) is 9.88. The Bertz CT molecular complexity index is 659. The number of hydrogen-bond acceptors (Lipinski definition) is 8. The summed E-state index contributed by atoms with van der Waals surface area (Å²) in [5.74, 6) is -3.81. The van der Waals surface area contributed by atoms with Crippen LogP contribution < -0.4 is 21.3 Å². The van der Waals surface area contributed by atoms with Crippen LogP contribution in [0, 0.1) is 0 Å². The Morgan fingerprint density at radius 1 is 1.03 bits per heavy atom. The second-order valence-electron chi connectivity index (χ2n) is 7.07. The van der Waals surface area contributed by atoms with Crippen LogP contribution in [0.25, 0.3) is 0 Å². The fraction of sp³-hybridized carbons (Fsp3) is 0.722. The van der Waals surface area contributed by atoms with Crippen LogP contribution in [0.4, 0.5) is 0 Å². The van der Waals surface area contributed by atoms with Crippen LogP contribution in [0.5, 0.6) is 0 Å². The van der Waals surface area contributed by atoms with E-state index in [0.717, 1.165) is 6.42 Å². The topological polar surface area (TPSA) is 174 Å². The lowest BCUT2D eigenvalue weighted by Gasteiger charge is -2.24. The Balaban J connectivity index is 2.81. The van der Waals surface area contributed by atoms with Crippen LogP contribution in [0.2, 0.25) is 0 Å². The van der Waals surface area contributed by atoms with E-state index in [1.165, 1.54) is 11.8 Å². The zero-order valence-corrected chi connectivity index (χ0v) is 19.0. The molecule has 0 aromatic rings. The van der Waals surface area contributed by atoms with Gasteiger partial charge in [-0.15, -0.1) is 0 Å². The van der Waals surface area contributed by atoms with Gasteiger partial charge in [0.15, 0.2) is 0 Å². The molecule has 1 fully saturated rings. The standard InChI is InChI=1S/C18H30N4O7S2/c1-31-8-6-12(18(28)29)21-16(26)11(4-5-14(23)24)20-17(27)13(9-30)22-15(25)10-3-2-7-19-10/h10-13,19,30H,2-9H2,1H3,(H,20,27)(H,21,26)(H,22,25)(H,23,24)(H,28,29). The van der Waals surface area contributed by atoms with E-state index >= 15 is 0 Å². The molecule has 0 spiro atoms. The van der Waals surface area contributed by atoms with Crippen molar-refractivity contribution < 1.29 is 34.2 Å². The highest BCUT2D eigenvalue weighted by Crippen LogP contribution is 2.07. The molecule has 0 radical (unpaired) electrons. The second kappa shape index (κ2) is 14.1. The predicted octanol–water partition coefficient (Wildman–Crippen LogP) is -1.17. The Kier molecular flexibility index (Phi) is 12.3. The van der Waals surface area contributed by atoms with Crippen LogP contribution in [0.3, 0.4) is 0 Å². The molecule has 1 heterocycles. The molecule has 4 atom stereocenters. The maximum absolute atomic E-state index is 12.6. The minimum absolute atomic E-state index is 0.0387. The highest BCUT2D eigenvalue weighted by molar-refractivity contribution is 7.98. The van der Waals surface area contributed by atoms with Crippen molar-refractivity contribution in [3.63, 3.8) is 0 Å². The lowest BCUT2D eigenvalue weighted by molar-refractivity contribution is -0.143. The van der Waals surface area contributed by atoms with Crippen LogP contribution in [-0.4, -0.2) is 88.3 Å². The summed E-state index contributed by atoms with van der Waals surface area (Å²) in [4.78, 5) is 59.8. The third kappa shape index (κ3) is 9.78. The number of thiol groups is 1. The second-order valence-corrected chi connectivity index (χ2v) is 8.42. The van der Waals surface area contributed by atoms with Crippen molar-refractivity contribution in [2.75, 3.05) is 24.3 Å². The number of amides is 3. The molecule has 0 aromatic carbocycles. The number of hydrogen-bond donors (Lipinski definition) is 7. The third-order valence-corrected chi connectivity index (χ3v) is 5.71. The molecule has 3 amide bonds. The maximum atomic E-state index is 12.6. The number of aliphatic carboxylic acids is 2. The van der Waals surface area contributed by atoms with Gasteiger partial charge in [0, 0.05) is 12.2 Å². The van der Waals surface area contributed by atoms with Gasteiger partial charge < -0.3 is 31.5 Å². The molecule has 0 aromatic heterocycles. The largest absolute Gasteiger partial charge is 0.481 e. The summed E-state index contributed by atoms with van der Waals surface area (Å²) in [7, 11) is 0. The summed E-state index contributed by atoms with van der Waals surface area (Å²) in [6.07, 6.45) is 2.80. The van der Waals surface area contributed by atoms with E-state index in [1.807, 2.05) is 0 Å². The number of carboxylic acid groups (broad SMARTS) is 2. The van der Waals surface area contributed by atoms with E-state index in [9.17, 15) is 29.1 Å². The Hall–Kier alpha value is -1.99. The summed E-state index contributed by atoms with van der Waals surface area (Å²) >= 11 is 5.50. The lowest BCUT2D eigenvalue weighted by atomic mass is 10.1. The van der Waals surface area contributed by atoms with Crippen LogP contribution in [-0.2, 0) is 24.0 Å². The smallest absolute Gasteiger partial charge is 0.326 e. The minimum atomic E-state index is -1.27. The van der Waals surface area contributed by atoms with Gasteiger partial charge in [0.1, 0.15) is 18.1 Å². The van der Waals surface area contributed by atoms with Crippen molar-refractivity contribution in [3.8, 4) is 0 Å². The molecule has 11 nitrogen and oxygen atoms in total. The molecule has 4 unspecified atom stereocenters. The molecule has 176 valence electrons. The molecule has 1 rings (SSSR count). The molecule has 0 saturated carbocycles.